The highest BCUT2D eigenvalue weighted by Gasteiger charge is 2.24. The molecule has 0 unspecified atom stereocenters. The molecule has 2 N–H and O–H groups in total. The van der Waals surface area contributed by atoms with E-state index in [1.54, 1.807) is 26.0 Å². The van der Waals surface area contributed by atoms with Crippen molar-refractivity contribution in [1.29, 1.82) is 0 Å². The highest BCUT2D eigenvalue weighted by atomic mass is 16.7. The van der Waals surface area contributed by atoms with Gasteiger partial charge in [-0.2, -0.15) is 0 Å². The minimum Gasteiger partial charge on any atom is -0.433 e. The average molecular weight is 251 g/mol. The van der Waals surface area contributed by atoms with Gasteiger partial charge in [-0.25, -0.2) is 0 Å². The topological polar surface area (TPSA) is 61.5 Å². The van der Waals surface area contributed by atoms with Crippen molar-refractivity contribution in [3.63, 3.8) is 0 Å². The Bertz CT molecular complexity index is 396. The summed E-state index contributed by atoms with van der Waals surface area (Å²) >= 11 is 0. The molecule has 18 heavy (non-hydrogen) atoms. The minimum absolute atomic E-state index is 0.00400. The smallest absolute Gasteiger partial charge is 0.312 e. The van der Waals surface area contributed by atoms with E-state index in [2.05, 4.69) is 0 Å². The van der Waals surface area contributed by atoms with Crippen molar-refractivity contribution in [2.75, 3.05) is 5.73 Å². The molecule has 100 valence electrons. The first-order valence-corrected chi connectivity index (χ1v) is 6.02. The number of nitrogens with two attached hydrogens (primary N) is 1. The Morgan fingerprint density at radius 1 is 1.28 bits per heavy atom. The van der Waals surface area contributed by atoms with E-state index in [-0.39, 0.29) is 18.5 Å². The molecule has 0 radical (unpaired) electrons. The van der Waals surface area contributed by atoms with Crippen molar-refractivity contribution in [3.8, 4) is 0 Å². The molecule has 0 bridgehead atoms. The first-order valence-electron chi connectivity index (χ1n) is 6.02. The Kier molecular flexibility index (Phi) is 4.73. The third kappa shape index (κ3) is 5.19. The second-order valence-corrected chi connectivity index (χ2v) is 4.96. The summed E-state index contributed by atoms with van der Waals surface area (Å²) in [5.41, 5.74) is 7.12. The van der Waals surface area contributed by atoms with E-state index in [1.165, 1.54) is 0 Å². The summed E-state index contributed by atoms with van der Waals surface area (Å²) in [4.78, 5) is 11.8. The van der Waals surface area contributed by atoms with Crippen LogP contribution in [-0.4, -0.2) is 17.9 Å². The molecule has 0 fully saturated rings. The number of nitrogen functional groups attached to an aromatic ring is 1. The zero-order chi connectivity index (χ0) is 13.8. The summed E-state index contributed by atoms with van der Waals surface area (Å²) in [6.45, 7) is 7.26. The Balaban J connectivity index is 2.53. The summed E-state index contributed by atoms with van der Waals surface area (Å²) < 4.78 is 10.8. The molecule has 0 aliphatic carbocycles. The SMILES string of the molecule is CC(C)OC(C)(C)OC(=O)Cc1ccc(N)cc1. The maximum Gasteiger partial charge on any atom is 0.312 e. The fraction of sp³-hybridized carbons (Fsp3) is 0.500. The number of carbonyl (C=O) groups excluding carboxylic acids is 1. The lowest BCUT2D eigenvalue weighted by Gasteiger charge is -2.27. The number of hydrogen-bond acceptors (Lipinski definition) is 4. The quantitative estimate of drug-likeness (QED) is 0.496. The van der Waals surface area contributed by atoms with Crippen LogP contribution in [-0.2, 0) is 20.7 Å². The maximum absolute atomic E-state index is 11.8. The molecular formula is C14H21NO3. The van der Waals surface area contributed by atoms with Crippen molar-refractivity contribution in [2.45, 2.75) is 46.0 Å². The monoisotopic (exact) mass is 251 g/mol. The fourth-order valence-electron chi connectivity index (χ4n) is 1.70. The van der Waals surface area contributed by atoms with Crippen LogP contribution < -0.4 is 5.73 Å². The van der Waals surface area contributed by atoms with Gasteiger partial charge in [0.25, 0.3) is 0 Å². The van der Waals surface area contributed by atoms with Crippen molar-refractivity contribution in [2.24, 2.45) is 0 Å². The molecule has 0 saturated heterocycles. The lowest BCUT2D eigenvalue weighted by atomic mass is 10.1. The number of anilines is 1. The van der Waals surface area contributed by atoms with Gasteiger partial charge in [-0.1, -0.05) is 12.1 Å². The molecular weight excluding hydrogens is 230 g/mol. The molecule has 0 heterocycles. The summed E-state index contributed by atoms with van der Waals surface area (Å²) in [6, 6.07) is 7.15. The van der Waals surface area contributed by atoms with Crippen molar-refractivity contribution < 1.29 is 14.3 Å². The third-order valence-electron chi connectivity index (χ3n) is 2.21. The number of ether oxygens (including phenoxy) is 2. The van der Waals surface area contributed by atoms with E-state index >= 15 is 0 Å². The molecule has 1 rings (SSSR count). The zero-order valence-corrected chi connectivity index (χ0v) is 11.4. The van der Waals surface area contributed by atoms with E-state index < -0.39 is 5.79 Å². The third-order valence-corrected chi connectivity index (χ3v) is 2.21. The van der Waals surface area contributed by atoms with Crippen LogP contribution in [0.1, 0.15) is 33.3 Å². The van der Waals surface area contributed by atoms with E-state index in [4.69, 9.17) is 15.2 Å². The largest absolute Gasteiger partial charge is 0.433 e. The Morgan fingerprint density at radius 2 is 1.83 bits per heavy atom. The fourth-order valence-corrected chi connectivity index (χ4v) is 1.70. The van der Waals surface area contributed by atoms with Crippen molar-refractivity contribution >= 4 is 11.7 Å². The standard InChI is InChI=1S/C14H21NO3/c1-10(2)17-14(3,4)18-13(16)9-11-5-7-12(15)8-6-11/h5-8,10H,9,15H2,1-4H3. The van der Waals surface area contributed by atoms with Gasteiger partial charge in [-0.3, -0.25) is 4.79 Å². The number of hydrogen-bond donors (Lipinski definition) is 1. The first kappa shape index (κ1) is 14.5. The van der Waals surface area contributed by atoms with Crippen molar-refractivity contribution in [1.82, 2.24) is 0 Å². The van der Waals surface area contributed by atoms with Crippen LogP contribution in [0.5, 0.6) is 0 Å². The average Bonchev–Trinajstić information content (AvgIpc) is 2.18. The van der Waals surface area contributed by atoms with Crippen LogP contribution in [0.25, 0.3) is 0 Å². The summed E-state index contributed by atoms with van der Waals surface area (Å²) in [5.74, 6) is -1.22. The Morgan fingerprint density at radius 3 is 2.33 bits per heavy atom. The Hall–Kier alpha value is -1.55. The highest BCUT2D eigenvalue weighted by molar-refractivity contribution is 5.73. The van der Waals surface area contributed by atoms with Crippen LogP contribution in [0.15, 0.2) is 24.3 Å². The lowest BCUT2D eigenvalue weighted by molar-refractivity contribution is -0.227. The van der Waals surface area contributed by atoms with Gasteiger partial charge in [0.1, 0.15) is 0 Å². The molecule has 0 atom stereocenters. The molecule has 0 saturated carbocycles. The van der Waals surface area contributed by atoms with E-state index in [0.29, 0.717) is 5.69 Å². The first-order chi connectivity index (χ1) is 8.28. The summed E-state index contributed by atoms with van der Waals surface area (Å²) in [6.07, 6.45) is 0.217. The van der Waals surface area contributed by atoms with E-state index in [9.17, 15) is 4.79 Å². The lowest BCUT2D eigenvalue weighted by Crippen LogP contribution is -2.34. The molecule has 1 aromatic rings. The van der Waals surface area contributed by atoms with E-state index in [1.807, 2.05) is 26.0 Å². The second-order valence-electron chi connectivity index (χ2n) is 4.96. The van der Waals surface area contributed by atoms with Crippen LogP contribution in [0, 0.1) is 0 Å². The van der Waals surface area contributed by atoms with E-state index in [0.717, 1.165) is 5.56 Å². The van der Waals surface area contributed by atoms with Gasteiger partial charge in [0.05, 0.1) is 12.5 Å². The van der Waals surface area contributed by atoms with Gasteiger partial charge in [0, 0.05) is 19.5 Å². The molecule has 4 heteroatoms. The number of esters is 1. The van der Waals surface area contributed by atoms with Gasteiger partial charge < -0.3 is 15.2 Å². The van der Waals surface area contributed by atoms with Gasteiger partial charge in [0.15, 0.2) is 0 Å². The predicted molar refractivity (Wildman–Crippen MR) is 71.0 cm³/mol. The predicted octanol–water partition coefficient (Wildman–Crippen LogP) is 2.52. The van der Waals surface area contributed by atoms with Crippen LogP contribution in [0.3, 0.4) is 0 Å². The summed E-state index contributed by atoms with van der Waals surface area (Å²) in [5, 5.41) is 0. The molecule has 0 aliphatic heterocycles. The molecule has 0 amide bonds. The summed E-state index contributed by atoms with van der Waals surface area (Å²) in [7, 11) is 0. The highest BCUT2D eigenvalue weighted by Crippen LogP contribution is 2.16. The van der Waals surface area contributed by atoms with Gasteiger partial charge in [0.2, 0.25) is 5.79 Å². The van der Waals surface area contributed by atoms with Crippen LogP contribution in [0.4, 0.5) is 5.69 Å². The molecule has 0 spiro atoms. The minimum atomic E-state index is -0.904. The number of benzene rings is 1. The molecule has 0 aliphatic rings. The van der Waals surface area contributed by atoms with Gasteiger partial charge in [-0.15, -0.1) is 0 Å². The second kappa shape index (κ2) is 5.87. The molecule has 0 aromatic heterocycles. The zero-order valence-electron chi connectivity index (χ0n) is 11.4. The molecule has 1 aromatic carbocycles. The van der Waals surface area contributed by atoms with Gasteiger partial charge in [-0.05, 0) is 31.5 Å². The van der Waals surface area contributed by atoms with Crippen molar-refractivity contribution in [3.05, 3.63) is 29.8 Å². The van der Waals surface area contributed by atoms with Crippen LogP contribution in [0.2, 0.25) is 0 Å². The van der Waals surface area contributed by atoms with Gasteiger partial charge >= 0.3 is 5.97 Å². The normalized spacial score (nSPS) is 11.6. The number of rotatable bonds is 5. The maximum atomic E-state index is 11.8. The number of carbonyl (C=O) groups is 1. The molecule has 4 nitrogen and oxygen atoms in total. The van der Waals surface area contributed by atoms with Crippen LogP contribution >= 0.6 is 0 Å². The Labute approximate surface area is 108 Å².